The third kappa shape index (κ3) is 5.04. The van der Waals surface area contributed by atoms with Gasteiger partial charge in [-0.15, -0.1) is 0 Å². The number of azide groups is 1. The van der Waals surface area contributed by atoms with Crippen LogP contribution in [0.5, 0.6) is 0 Å². The summed E-state index contributed by atoms with van der Waals surface area (Å²) < 4.78 is 17.4. The van der Waals surface area contributed by atoms with Crippen LogP contribution in [0.3, 0.4) is 0 Å². The molecule has 4 atom stereocenters. The first-order valence-electron chi connectivity index (χ1n) is 12.4. The summed E-state index contributed by atoms with van der Waals surface area (Å²) in [5.74, 6) is -1.27. The number of hydrogen-bond acceptors (Lipinski definition) is 7. The monoisotopic (exact) mass is 505 g/mol. The number of fused-ring (bicyclic) bond motifs is 5. The summed E-state index contributed by atoms with van der Waals surface area (Å²) in [5.41, 5.74) is 8.85. The Balaban J connectivity index is 1.79. The Labute approximate surface area is 215 Å². The van der Waals surface area contributed by atoms with Gasteiger partial charge in [0.05, 0.1) is 11.8 Å². The Bertz CT molecular complexity index is 1260. The van der Waals surface area contributed by atoms with Gasteiger partial charge in [-0.1, -0.05) is 53.6 Å². The second-order valence-electron chi connectivity index (χ2n) is 10.2. The molecule has 5 rings (SSSR count). The van der Waals surface area contributed by atoms with Crippen LogP contribution in [0.4, 0.5) is 0 Å². The summed E-state index contributed by atoms with van der Waals surface area (Å²) in [6, 6.07) is 0. The first kappa shape index (κ1) is 26.2. The Morgan fingerprint density at radius 2 is 2.03 bits per heavy atom. The molecule has 1 spiro atoms. The third-order valence-electron chi connectivity index (χ3n) is 7.36. The second-order valence-corrected chi connectivity index (χ2v) is 10.2. The van der Waals surface area contributed by atoms with Crippen molar-refractivity contribution in [2.75, 3.05) is 13.2 Å². The maximum atomic E-state index is 13.9. The lowest BCUT2D eigenvalue weighted by Crippen LogP contribution is -2.53. The zero-order valence-corrected chi connectivity index (χ0v) is 21.5. The van der Waals surface area contributed by atoms with Crippen molar-refractivity contribution in [1.29, 1.82) is 0 Å². The van der Waals surface area contributed by atoms with Crippen LogP contribution in [-0.4, -0.2) is 42.6 Å². The van der Waals surface area contributed by atoms with E-state index in [0.29, 0.717) is 12.8 Å². The van der Waals surface area contributed by atoms with Gasteiger partial charge >= 0.3 is 11.9 Å². The molecule has 0 aromatic heterocycles. The van der Waals surface area contributed by atoms with Gasteiger partial charge in [-0.3, -0.25) is 9.59 Å². The van der Waals surface area contributed by atoms with Crippen LogP contribution in [0.15, 0.2) is 75.7 Å². The molecule has 1 saturated heterocycles. The van der Waals surface area contributed by atoms with Crippen molar-refractivity contribution in [3.63, 3.8) is 0 Å². The van der Waals surface area contributed by atoms with Crippen molar-refractivity contribution in [3.05, 3.63) is 81.0 Å². The molecule has 0 unspecified atom stereocenters. The van der Waals surface area contributed by atoms with Crippen LogP contribution in [0.1, 0.15) is 47.0 Å². The van der Waals surface area contributed by atoms with E-state index in [1.165, 1.54) is 0 Å². The van der Waals surface area contributed by atoms with Gasteiger partial charge in [0.1, 0.15) is 24.0 Å². The Hall–Kier alpha value is -3.84. The number of hydrogen-bond donors (Lipinski definition) is 0. The minimum absolute atomic E-state index is 0.0201. The molecule has 0 aromatic carbocycles. The van der Waals surface area contributed by atoms with Gasteiger partial charge in [0.2, 0.25) is 5.78 Å². The average Bonchev–Trinajstić information content (AvgIpc) is 3.08. The number of rotatable bonds is 4. The van der Waals surface area contributed by atoms with Crippen LogP contribution >= 0.6 is 0 Å². The number of nitrogens with zero attached hydrogens (tertiary/aromatic N) is 3. The summed E-state index contributed by atoms with van der Waals surface area (Å²) in [6.45, 7) is 8.01. The van der Waals surface area contributed by atoms with Gasteiger partial charge in [0, 0.05) is 24.3 Å². The smallest absolute Gasteiger partial charge is 0.346 e. The highest BCUT2D eigenvalue weighted by molar-refractivity contribution is 6.26. The van der Waals surface area contributed by atoms with E-state index in [9.17, 15) is 14.4 Å². The normalized spacial score (nSPS) is 36.7. The molecule has 0 amide bonds. The fourth-order valence-electron chi connectivity index (χ4n) is 5.36. The predicted octanol–water partition coefficient (Wildman–Crippen LogP) is 5.13. The largest absolute Gasteiger partial charge is 0.488 e. The standard InChI is InChI=1S/C28H31N3O6/c1-17-6-5-7-21(36-23(32)10-11-30-31-29)12-20-8-9-22(35-16-20)24-25(33)28(37-26(24)34)15-19(3)18(2)14-27(28,4)13-17/h5-6,8-9,12-14,19,21H,7,10-11,15-16H2,1-4H3/b6-5+,17-13+,20-12-,24-22+/t19-,21+,27-,28+/m0/s1. The number of carbonyl (C=O) groups is 3. The van der Waals surface area contributed by atoms with Crippen molar-refractivity contribution in [2.24, 2.45) is 16.4 Å². The van der Waals surface area contributed by atoms with E-state index in [1.807, 2.05) is 52.0 Å². The van der Waals surface area contributed by atoms with Gasteiger partial charge in [0.25, 0.3) is 0 Å². The van der Waals surface area contributed by atoms with E-state index < -0.39 is 29.1 Å². The Morgan fingerprint density at radius 3 is 2.73 bits per heavy atom. The van der Waals surface area contributed by atoms with Crippen molar-refractivity contribution >= 4 is 17.7 Å². The van der Waals surface area contributed by atoms with Gasteiger partial charge in [-0.05, 0) is 49.9 Å². The fraction of sp³-hybridized carbons (Fsp3) is 0.464. The van der Waals surface area contributed by atoms with Crippen molar-refractivity contribution < 1.29 is 28.6 Å². The van der Waals surface area contributed by atoms with Gasteiger partial charge in [-0.2, -0.15) is 0 Å². The molecule has 5 aliphatic rings. The summed E-state index contributed by atoms with van der Waals surface area (Å²) >= 11 is 0. The number of ketones is 1. The van der Waals surface area contributed by atoms with Crippen LogP contribution in [0.25, 0.3) is 10.4 Å². The first-order valence-corrected chi connectivity index (χ1v) is 12.4. The summed E-state index contributed by atoms with van der Waals surface area (Å²) in [5, 5.41) is 3.38. The maximum Gasteiger partial charge on any atom is 0.346 e. The average molecular weight is 506 g/mol. The minimum Gasteiger partial charge on any atom is -0.488 e. The molecule has 9 nitrogen and oxygen atoms in total. The highest BCUT2D eigenvalue weighted by Gasteiger charge is 2.64. The first-order chi connectivity index (χ1) is 17.6. The van der Waals surface area contributed by atoms with Crippen molar-refractivity contribution in [2.45, 2.75) is 58.7 Å². The number of Topliss-reactive ketones (excluding diaryl/α,β-unsaturated/α-hetero) is 1. The molecule has 3 aliphatic heterocycles. The SMILES string of the molecule is CC1=C[C@]2(C)/C=C(C)/C=C/C[C@@H](OC(=O)CCN=[N+]=[N-])/C=C3C=C/C(=C4\C(=O)O[C@]2(C[C@@H]1C)C4=O)OC/3. The van der Waals surface area contributed by atoms with Gasteiger partial charge in [-0.25, -0.2) is 4.79 Å². The third-order valence-corrected chi connectivity index (χ3v) is 7.36. The molecule has 2 aliphatic carbocycles. The molecule has 0 radical (unpaired) electrons. The van der Waals surface area contributed by atoms with E-state index in [-0.39, 0.29) is 42.6 Å². The molecule has 0 N–H and O–H groups in total. The Morgan fingerprint density at radius 1 is 1.24 bits per heavy atom. The summed E-state index contributed by atoms with van der Waals surface area (Å²) in [4.78, 5) is 42.0. The number of carbonyl (C=O) groups excluding carboxylic acids is 3. The van der Waals surface area contributed by atoms with Crippen LogP contribution in [-0.2, 0) is 28.6 Å². The van der Waals surface area contributed by atoms with Gasteiger partial charge < -0.3 is 14.2 Å². The lowest BCUT2D eigenvalue weighted by atomic mass is 9.61. The lowest BCUT2D eigenvalue weighted by molar-refractivity contribution is -0.162. The maximum absolute atomic E-state index is 13.9. The van der Waals surface area contributed by atoms with Gasteiger partial charge in [0.15, 0.2) is 5.60 Å². The molecule has 0 aromatic rings. The molecular weight excluding hydrogens is 474 g/mol. The Kier molecular flexibility index (Phi) is 7.28. The zero-order valence-electron chi connectivity index (χ0n) is 21.5. The van der Waals surface area contributed by atoms with E-state index in [4.69, 9.17) is 19.7 Å². The molecule has 1 fully saturated rings. The second kappa shape index (κ2) is 10.3. The van der Waals surface area contributed by atoms with Crippen LogP contribution < -0.4 is 0 Å². The van der Waals surface area contributed by atoms with E-state index in [2.05, 4.69) is 10.0 Å². The van der Waals surface area contributed by atoms with E-state index >= 15 is 0 Å². The number of allylic oxidation sites excluding steroid dienone is 4. The van der Waals surface area contributed by atoms with E-state index in [1.54, 1.807) is 18.2 Å². The molecule has 0 saturated carbocycles. The van der Waals surface area contributed by atoms with Crippen LogP contribution in [0, 0.1) is 11.3 Å². The number of esters is 2. The lowest BCUT2D eigenvalue weighted by Gasteiger charge is -2.45. The highest BCUT2D eigenvalue weighted by Crippen LogP contribution is 2.53. The molecule has 4 bridgehead atoms. The zero-order chi connectivity index (χ0) is 26.8. The van der Waals surface area contributed by atoms with Crippen molar-refractivity contribution in [1.82, 2.24) is 0 Å². The summed E-state index contributed by atoms with van der Waals surface area (Å²) in [7, 11) is 0. The predicted molar refractivity (Wildman–Crippen MR) is 136 cm³/mol. The molecule has 37 heavy (non-hydrogen) atoms. The summed E-state index contributed by atoms with van der Waals surface area (Å²) in [6.07, 6.45) is 13.1. The fourth-order valence-corrected chi connectivity index (χ4v) is 5.36. The quantitative estimate of drug-likeness (QED) is 0.130. The van der Waals surface area contributed by atoms with E-state index in [0.717, 1.165) is 16.7 Å². The van der Waals surface area contributed by atoms with Crippen molar-refractivity contribution in [3.8, 4) is 0 Å². The molecule has 3 heterocycles. The number of ether oxygens (including phenoxy) is 3. The molecular formula is C28H31N3O6. The molecule has 194 valence electrons. The highest BCUT2D eigenvalue weighted by atomic mass is 16.6. The van der Waals surface area contributed by atoms with Crippen LogP contribution in [0.2, 0.25) is 0 Å². The topological polar surface area (TPSA) is 128 Å². The molecule has 9 heteroatoms. The minimum atomic E-state index is -1.36.